The Kier molecular flexibility index (Phi) is 5.25. The fraction of sp³-hybridized carbons (Fsp3) is 0.389. The molecule has 0 saturated carbocycles. The van der Waals surface area contributed by atoms with Gasteiger partial charge < -0.3 is 15.3 Å². The highest BCUT2D eigenvalue weighted by Gasteiger charge is 2.18. The molecule has 24 heavy (non-hydrogen) atoms. The zero-order valence-corrected chi connectivity index (χ0v) is 13.4. The van der Waals surface area contributed by atoms with Gasteiger partial charge in [-0.2, -0.15) is 0 Å². The van der Waals surface area contributed by atoms with Crippen molar-refractivity contribution in [3.05, 3.63) is 53.7 Å². The summed E-state index contributed by atoms with van der Waals surface area (Å²) in [7, 11) is 0. The molecule has 0 unspecified atom stereocenters. The second-order valence-electron chi connectivity index (χ2n) is 6.12. The average molecular weight is 333 g/mol. The Morgan fingerprint density at radius 1 is 1.12 bits per heavy atom. The van der Waals surface area contributed by atoms with E-state index in [2.05, 4.69) is 15.2 Å². The van der Waals surface area contributed by atoms with Crippen LogP contribution in [-0.4, -0.2) is 29.8 Å². The fourth-order valence-electron chi connectivity index (χ4n) is 2.89. The Bertz CT molecular complexity index is 670. The van der Waals surface area contributed by atoms with Gasteiger partial charge in [0.2, 0.25) is 0 Å². The lowest BCUT2D eigenvalue weighted by atomic mass is 9.98. The third-order valence-corrected chi connectivity index (χ3v) is 4.44. The number of pyridine rings is 1. The van der Waals surface area contributed by atoms with Crippen molar-refractivity contribution in [2.24, 2.45) is 5.92 Å². The van der Waals surface area contributed by atoms with E-state index in [1.54, 1.807) is 6.07 Å². The number of nitrogens with one attached hydrogen (secondary N) is 1. The summed E-state index contributed by atoms with van der Waals surface area (Å²) in [5, 5.41) is 12.3. The van der Waals surface area contributed by atoms with Crippen LogP contribution in [0.4, 0.5) is 20.3 Å². The molecular weight excluding hydrogens is 312 g/mol. The predicted molar refractivity (Wildman–Crippen MR) is 89.9 cm³/mol. The lowest BCUT2D eigenvalue weighted by Crippen LogP contribution is -2.34. The molecule has 0 atom stereocenters. The van der Waals surface area contributed by atoms with Gasteiger partial charge in [-0.3, -0.25) is 0 Å². The zero-order valence-electron chi connectivity index (χ0n) is 13.4. The maximum atomic E-state index is 13.2. The van der Waals surface area contributed by atoms with Crippen molar-refractivity contribution >= 4 is 11.5 Å². The van der Waals surface area contributed by atoms with Crippen molar-refractivity contribution < 1.29 is 13.9 Å². The lowest BCUT2D eigenvalue weighted by Gasteiger charge is -2.32. The van der Waals surface area contributed by atoms with Crippen molar-refractivity contribution in [1.29, 1.82) is 0 Å². The molecule has 2 heterocycles. The van der Waals surface area contributed by atoms with Crippen molar-refractivity contribution in [2.75, 3.05) is 29.9 Å². The van der Waals surface area contributed by atoms with Crippen LogP contribution in [-0.2, 0) is 6.54 Å². The topological polar surface area (TPSA) is 48.4 Å². The van der Waals surface area contributed by atoms with Gasteiger partial charge in [0.05, 0.1) is 11.9 Å². The van der Waals surface area contributed by atoms with Crippen LogP contribution in [0.5, 0.6) is 0 Å². The molecule has 4 nitrogen and oxygen atoms in total. The molecule has 2 N–H and O–H groups in total. The summed E-state index contributed by atoms with van der Waals surface area (Å²) in [4.78, 5) is 6.64. The van der Waals surface area contributed by atoms with Crippen LogP contribution < -0.4 is 10.2 Å². The third-order valence-electron chi connectivity index (χ3n) is 4.44. The molecule has 1 saturated heterocycles. The monoisotopic (exact) mass is 333 g/mol. The molecule has 0 amide bonds. The van der Waals surface area contributed by atoms with Gasteiger partial charge in [-0.1, -0.05) is 6.07 Å². The summed E-state index contributed by atoms with van der Waals surface area (Å²) in [6, 6.07) is 7.74. The minimum absolute atomic E-state index is 0.263. The minimum Gasteiger partial charge on any atom is -0.396 e. The largest absolute Gasteiger partial charge is 0.396 e. The van der Waals surface area contributed by atoms with Crippen LogP contribution in [0.1, 0.15) is 18.4 Å². The zero-order chi connectivity index (χ0) is 16.9. The van der Waals surface area contributed by atoms with Crippen molar-refractivity contribution in [3.63, 3.8) is 0 Å². The number of aliphatic hydroxyl groups is 1. The SMILES string of the molecule is OCC1CCN(c2ccc(NCc3ccc(F)c(F)c3)nc2)CC1. The summed E-state index contributed by atoms with van der Waals surface area (Å²) < 4.78 is 26.1. The molecule has 1 aromatic carbocycles. The Hall–Kier alpha value is -2.21. The van der Waals surface area contributed by atoms with Crippen LogP contribution >= 0.6 is 0 Å². The van der Waals surface area contributed by atoms with Gasteiger partial charge in [0.25, 0.3) is 0 Å². The second kappa shape index (κ2) is 7.57. The van der Waals surface area contributed by atoms with E-state index in [1.165, 1.54) is 6.07 Å². The normalized spacial score (nSPS) is 15.5. The van der Waals surface area contributed by atoms with Gasteiger partial charge in [-0.15, -0.1) is 0 Å². The smallest absolute Gasteiger partial charge is 0.159 e. The molecule has 3 rings (SSSR count). The maximum absolute atomic E-state index is 13.2. The number of benzene rings is 1. The fourth-order valence-corrected chi connectivity index (χ4v) is 2.89. The number of aliphatic hydroxyl groups excluding tert-OH is 1. The van der Waals surface area contributed by atoms with Gasteiger partial charge in [0.1, 0.15) is 5.82 Å². The van der Waals surface area contributed by atoms with Gasteiger partial charge in [0.15, 0.2) is 11.6 Å². The summed E-state index contributed by atoms with van der Waals surface area (Å²) in [5.41, 5.74) is 1.72. The maximum Gasteiger partial charge on any atom is 0.159 e. The minimum atomic E-state index is -0.844. The molecule has 1 aliphatic rings. The van der Waals surface area contributed by atoms with E-state index >= 15 is 0 Å². The van der Waals surface area contributed by atoms with Gasteiger partial charge in [-0.25, -0.2) is 13.8 Å². The molecule has 1 aromatic heterocycles. The summed E-state index contributed by atoms with van der Waals surface area (Å²) in [5.74, 6) is -0.588. The van der Waals surface area contributed by atoms with Gasteiger partial charge in [0, 0.05) is 26.2 Å². The van der Waals surface area contributed by atoms with E-state index in [0.29, 0.717) is 23.8 Å². The highest BCUT2D eigenvalue weighted by molar-refractivity contribution is 5.49. The Morgan fingerprint density at radius 2 is 1.92 bits per heavy atom. The molecule has 128 valence electrons. The van der Waals surface area contributed by atoms with E-state index in [4.69, 9.17) is 0 Å². The van der Waals surface area contributed by atoms with Crippen molar-refractivity contribution in [1.82, 2.24) is 4.98 Å². The number of hydrogen-bond donors (Lipinski definition) is 2. The number of aromatic nitrogens is 1. The molecule has 6 heteroatoms. The number of rotatable bonds is 5. The molecule has 1 aliphatic heterocycles. The molecule has 2 aromatic rings. The van der Waals surface area contributed by atoms with Crippen LogP contribution in [0.3, 0.4) is 0 Å². The van der Waals surface area contributed by atoms with E-state index < -0.39 is 11.6 Å². The summed E-state index contributed by atoms with van der Waals surface area (Å²) in [6.07, 6.45) is 3.80. The third kappa shape index (κ3) is 4.00. The predicted octanol–water partition coefficient (Wildman–Crippen LogP) is 3.18. The first-order valence-corrected chi connectivity index (χ1v) is 8.15. The standard InChI is InChI=1S/C18H21F2N3O/c19-16-3-1-14(9-17(16)20)10-21-18-4-2-15(11-22-18)23-7-5-13(12-24)6-8-23/h1-4,9,11,13,24H,5-8,10,12H2,(H,21,22). The van der Waals surface area contributed by atoms with Crippen LogP contribution in [0.15, 0.2) is 36.5 Å². The first-order valence-electron chi connectivity index (χ1n) is 8.15. The van der Waals surface area contributed by atoms with Crippen molar-refractivity contribution in [2.45, 2.75) is 19.4 Å². The van der Waals surface area contributed by atoms with E-state index in [9.17, 15) is 13.9 Å². The number of nitrogens with zero attached hydrogens (tertiary/aromatic N) is 2. The number of halogens is 2. The van der Waals surface area contributed by atoms with E-state index in [-0.39, 0.29) is 6.61 Å². The van der Waals surface area contributed by atoms with E-state index in [0.717, 1.165) is 37.7 Å². The average Bonchev–Trinajstić information content (AvgIpc) is 2.63. The van der Waals surface area contributed by atoms with Crippen LogP contribution in [0.2, 0.25) is 0 Å². The van der Waals surface area contributed by atoms with Crippen molar-refractivity contribution in [3.8, 4) is 0 Å². The van der Waals surface area contributed by atoms with Gasteiger partial charge >= 0.3 is 0 Å². The molecule has 0 spiro atoms. The molecule has 0 radical (unpaired) electrons. The molecule has 0 bridgehead atoms. The molecule has 0 aliphatic carbocycles. The van der Waals surface area contributed by atoms with E-state index in [1.807, 2.05) is 18.3 Å². The Morgan fingerprint density at radius 3 is 2.54 bits per heavy atom. The highest BCUT2D eigenvalue weighted by atomic mass is 19.2. The second-order valence-corrected chi connectivity index (χ2v) is 6.12. The first kappa shape index (κ1) is 16.6. The quantitative estimate of drug-likeness (QED) is 0.882. The lowest BCUT2D eigenvalue weighted by molar-refractivity contribution is 0.203. The Labute approximate surface area is 140 Å². The molecular formula is C18H21F2N3O. The highest BCUT2D eigenvalue weighted by Crippen LogP contribution is 2.23. The number of piperidine rings is 1. The first-order chi connectivity index (χ1) is 11.7. The van der Waals surface area contributed by atoms with Crippen LogP contribution in [0, 0.1) is 17.6 Å². The summed E-state index contributed by atoms with van der Waals surface area (Å²) in [6.45, 7) is 2.49. The van der Waals surface area contributed by atoms with Gasteiger partial charge in [-0.05, 0) is 48.6 Å². The molecule has 1 fully saturated rings. The Balaban J connectivity index is 1.55. The summed E-state index contributed by atoms with van der Waals surface area (Å²) >= 11 is 0. The number of hydrogen-bond acceptors (Lipinski definition) is 4. The number of anilines is 2. The van der Waals surface area contributed by atoms with Crippen LogP contribution in [0.25, 0.3) is 0 Å².